The summed E-state index contributed by atoms with van der Waals surface area (Å²) < 4.78 is 64.6. The van der Waals surface area contributed by atoms with Crippen molar-refractivity contribution in [3.8, 4) is 11.3 Å². The predicted octanol–water partition coefficient (Wildman–Crippen LogP) is 3.88. The fraction of sp³-hybridized carbons (Fsp3) is 0.524. The van der Waals surface area contributed by atoms with E-state index in [1.54, 1.807) is 35.2 Å². The molecule has 1 saturated heterocycles. The third-order valence-corrected chi connectivity index (χ3v) is 7.81. The maximum absolute atomic E-state index is 13.3. The SMILES string of the molecule is CC(C)CN(C(=O)CSc1ncc(-c2ccccc2)n1CC(F)(F)F)C1CCS(=O)(=O)C1. The number of benzene rings is 1. The Morgan fingerprint density at radius 3 is 2.53 bits per heavy atom. The van der Waals surface area contributed by atoms with Crippen molar-refractivity contribution in [3.63, 3.8) is 0 Å². The number of thioether (sulfide) groups is 1. The van der Waals surface area contributed by atoms with E-state index in [4.69, 9.17) is 0 Å². The maximum atomic E-state index is 13.3. The lowest BCUT2D eigenvalue weighted by atomic mass is 10.1. The summed E-state index contributed by atoms with van der Waals surface area (Å²) in [5.41, 5.74) is 0.916. The Balaban J connectivity index is 1.80. The van der Waals surface area contributed by atoms with Crippen molar-refractivity contribution in [1.82, 2.24) is 14.5 Å². The van der Waals surface area contributed by atoms with Crippen LogP contribution in [0.3, 0.4) is 0 Å². The first-order valence-corrected chi connectivity index (χ1v) is 13.1. The molecule has 1 amide bonds. The zero-order chi connectivity index (χ0) is 23.5. The van der Waals surface area contributed by atoms with Gasteiger partial charge in [0.05, 0.1) is 29.1 Å². The monoisotopic (exact) mass is 489 g/mol. The topological polar surface area (TPSA) is 72.3 Å². The molecule has 1 fully saturated rings. The van der Waals surface area contributed by atoms with E-state index in [-0.39, 0.29) is 34.2 Å². The van der Waals surface area contributed by atoms with Crippen LogP contribution in [0.5, 0.6) is 0 Å². The van der Waals surface area contributed by atoms with Gasteiger partial charge >= 0.3 is 6.18 Å². The van der Waals surface area contributed by atoms with Crippen LogP contribution in [0.2, 0.25) is 0 Å². The average Bonchev–Trinajstić information content (AvgIpc) is 3.26. The van der Waals surface area contributed by atoms with Crippen molar-refractivity contribution in [1.29, 1.82) is 0 Å². The number of hydrogen-bond acceptors (Lipinski definition) is 5. The number of halogens is 3. The van der Waals surface area contributed by atoms with Crippen molar-refractivity contribution in [2.45, 2.75) is 44.2 Å². The predicted molar refractivity (Wildman–Crippen MR) is 118 cm³/mol. The van der Waals surface area contributed by atoms with Gasteiger partial charge in [0.2, 0.25) is 5.91 Å². The van der Waals surface area contributed by atoms with Gasteiger partial charge in [-0.25, -0.2) is 13.4 Å². The standard InChI is InChI=1S/C21H26F3N3O3S2/c1-15(2)11-26(17-8-9-32(29,30)13-17)19(28)12-31-20-25-10-18(16-6-4-3-5-7-16)27(20)14-21(22,23)24/h3-7,10,15,17H,8-9,11-14H2,1-2H3. The highest BCUT2D eigenvalue weighted by Gasteiger charge is 2.35. The van der Waals surface area contributed by atoms with Gasteiger partial charge in [0, 0.05) is 12.6 Å². The number of aromatic nitrogens is 2. The third kappa shape index (κ3) is 6.50. The lowest BCUT2D eigenvalue weighted by Crippen LogP contribution is -2.44. The molecule has 32 heavy (non-hydrogen) atoms. The smallest absolute Gasteiger partial charge is 0.338 e. The number of nitrogens with zero attached hydrogens (tertiary/aromatic N) is 3. The zero-order valence-corrected chi connectivity index (χ0v) is 19.5. The van der Waals surface area contributed by atoms with E-state index >= 15 is 0 Å². The second kappa shape index (κ2) is 9.86. The summed E-state index contributed by atoms with van der Waals surface area (Å²) >= 11 is 0.937. The minimum atomic E-state index is -4.45. The molecule has 1 aliphatic rings. The van der Waals surface area contributed by atoms with Crippen LogP contribution in [-0.2, 0) is 21.2 Å². The van der Waals surface area contributed by atoms with Gasteiger partial charge in [-0.3, -0.25) is 4.79 Å². The van der Waals surface area contributed by atoms with Crippen LogP contribution in [0.15, 0.2) is 41.7 Å². The molecule has 0 N–H and O–H groups in total. The van der Waals surface area contributed by atoms with Gasteiger partial charge in [0.1, 0.15) is 6.54 Å². The van der Waals surface area contributed by atoms with Crippen LogP contribution in [0.4, 0.5) is 13.2 Å². The molecular weight excluding hydrogens is 463 g/mol. The molecule has 0 aliphatic carbocycles. The summed E-state index contributed by atoms with van der Waals surface area (Å²) in [7, 11) is -3.17. The number of imidazole rings is 1. The minimum Gasteiger partial charge on any atom is -0.338 e. The Hall–Kier alpha value is -2.01. The molecule has 0 bridgehead atoms. The first-order chi connectivity index (χ1) is 15.0. The molecule has 2 heterocycles. The Bertz CT molecular complexity index is 1040. The fourth-order valence-electron chi connectivity index (χ4n) is 3.72. The first kappa shape index (κ1) is 24.6. The highest BCUT2D eigenvalue weighted by atomic mass is 32.2. The molecule has 0 spiro atoms. The van der Waals surface area contributed by atoms with Crippen molar-refractivity contribution in [2.24, 2.45) is 5.92 Å². The van der Waals surface area contributed by atoms with Gasteiger partial charge < -0.3 is 9.47 Å². The molecular formula is C21H26F3N3O3S2. The molecule has 0 saturated carbocycles. The van der Waals surface area contributed by atoms with Crippen molar-refractivity contribution >= 4 is 27.5 Å². The maximum Gasteiger partial charge on any atom is 0.406 e. The molecule has 1 atom stereocenters. The average molecular weight is 490 g/mol. The Kier molecular flexibility index (Phi) is 7.59. The van der Waals surface area contributed by atoms with Gasteiger partial charge in [-0.2, -0.15) is 13.2 Å². The summed E-state index contributed by atoms with van der Waals surface area (Å²) in [5, 5.41) is 0.0954. The largest absolute Gasteiger partial charge is 0.406 e. The zero-order valence-electron chi connectivity index (χ0n) is 17.9. The molecule has 1 aliphatic heterocycles. The molecule has 1 aromatic carbocycles. The number of alkyl halides is 3. The van der Waals surface area contributed by atoms with Crippen molar-refractivity contribution in [2.75, 3.05) is 23.8 Å². The highest BCUT2D eigenvalue weighted by molar-refractivity contribution is 7.99. The molecule has 2 aromatic rings. The minimum absolute atomic E-state index is 0.0448. The second-order valence-electron chi connectivity index (χ2n) is 8.28. The molecule has 1 unspecified atom stereocenters. The van der Waals surface area contributed by atoms with Crippen LogP contribution in [-0.4, -0.2) is 64.8 Å². The van der Waals surface area contributed by atoms with Crippen LogP contribution >= 0.6 is 11.8 Å². The number of carbonyl (C=O) groups excluding carboxylic acids is 1. The van der Waals surface area contributed by atoms with Crippen molar-refractivity contribution < 1.29 is 26.4 Å². The normalized spacial score (nSPS) is 18.2. The lowest BCUT2D eigenvalue weighted by molar-refractivity contribution is -0.141. The van der Waals surface area contributed by atoms with Gasteiger partial charge in [0.15, 0.2) is 15.0 Å². The number of amides is 1. The van der Waals surface area contributed by atoms with E-state index in [0.717, 1.165) is 16.3 Å². The van der Waals surface area contributed by atoms with Gasteiger partial charge in [-0.1, -0.05) is 55.9 Å². The van der Waals surface area contributed by atoms with Crippen LogP contribution in [0, 0.1) is 5.92 Å². The Morgan fingerprint density at radius 1 is 1.28 bits per heavy atom. The quantitative estimate of drug-likeness (QED) is 0.527. The number of rotatable bonds is 8. The molecule has 176 valence electrons. The first-order valence-electron chi connectivity index (χ1n) is 10.3. The molecule has 6 nitrogen and oxygen atoms in total. The van der Waals surface area contributed by atoms with E-state index in [2.05, 4.69) is 4.98 Å². The Labute approximate surface area is 190 Å². The number of sulfone groups is 1. The van der Waals surface area contributed by atoms with E-state index in [9.17, 15) is 26.4 Å². The lowest BCUT2D eigenvalue weighted by Gasteiger charge is -2.30. The highest BCUT2D eigenvalue weighted by Crippen LogP contribution is 2.30. The van der Waals surface area contributed by atoms with Crippen LogP contribution < -0.4 is 0 Å². The van der Waals surface area contributed by atoms with E-state index < -0.39 is 28.6 Å². The van der Waals surface area contributed by atoms with E-state index in [0.29, 0.717) is 24.2 Å². The summed E-state index contributed by atoms with van der Waals surface area (Å²) in [6.45, 7) is 3.04. The molecule has 0 radical (unpaired) electrons. The van der Waals surface area contributed by atoms with E-state index in [1.807, 2.05) is 13.8 Å². The van der Waals surface area contributed by atoms with Crippen molar-refractivity contribution in [3.05, 3.63) is 36.5 Å². The number of carbonyl (C=O) groups is 1. The second-order valence-corrected chi connectivity index (χ2v) is 11.5. The van der Waals surface area contributed by atoms with Crippen LogP contribution in [0.25, 0.3) is 11.3 Å². The van der Waals surface area contributed by atoms with Gasteiger partial charge in [0.25, 0.3) is 0 Å². The van der Waals surface area contributed by atoms with E-state index in [1.165, 1.54) is 6.20 Å². The molecule has 3 rings (SSSR count). The van der Waals surface area contributed by atoms with Gasteiger partial charge in [-0.15, -0.1) is 0 Å². The molecule has 1 aromatic heterocycles. The Morgan fingerprint density at radius 2 is 1.97 bits per heavy atom. The van der Waals surface area contributed by atoms with Gasteiger partial charge in [-0.05, 0) is 17.9 Å². The van der Waals surface area contributed by atoms with Crippen LogP contribution in [0.1, 0.15) is 20.3 Å². The third-order valence-electron chi connectivity index (χ3n) is 5.08. The molecule has 11 heteroatoms. The summed E-state index contributed by atoms with van der Waals surface area (Å²) in [6.07, 6.45) is -2.69. The summed E-state index contributed by atoms with van der Waals surface area (Å²) in [5.74, 6) is -0.315. The summed E-state index contributed by atoms with van der Waals surface area (Å²) in [6, 6.07) is 8.24. The fourth-order valence-corrected chi connectivity index (χ4v) is 6.32. The summed E-state index contributed by atoms with van der Waals surface area (Å²) in [4.78, 5) is 18.7. The number of hydrogen-bond donors (Lipinski definition) is 0.